The molecule has 0 aliphatic heterocycles. The minimum absolute atomic E-state index is 0.251. The highest BCUT2D eigenvalue weighted by Crippen LogP contribution is 2.20. The summed E-state index contributed by atoms with van der Waals surface area (Å²) in [5.74, 6) is -0.838. The molecular weight excluding hydrogens is 289 g/mol. The van der Waals surface area contributed by atoms with Crippen LogP contribution in [-0.2, 0) is 0 Å². The lowest BCUT2D eigenvalue weighted by atomic mass is 10.2. The summed E-state index contributed by atoms with van der Waals surface area (Å²) < 4.78 is 13.7. The Labute approximate surface area is 105 Å². The molecule has 0 fully saturated rings. The Kier molecular flexibility index (Phi) is 3.14. The van der Waals surface area contributed by atoms with E-state index in [0.717, 1.165) is 4.47 Å². The minimum Gasteiger partial charge on any atom is -0.397 e. The number of amides is 1. The molecule has 0 bridgehead atoms. The summed E-state index contributed by atoms with van der Waals surface area (Å²) >= 11 is 3.22. The molecule has 1 aromatic carbocycles. The highest BCUT2D eigenvalue weighted by Gasteiger charge is 2.10. The predicted octanol–water partition coefficient (Wildman–Crippen LogP) is 2.75. The number of anilines is 2. The molecule has 88 valence electrons. The minimum atomic E-state index is -0.456. The van der Waals surface area contributed by atoms with Crippen LogP contribution < -0.4 is 11.1 Å². The standard InChI is InChI=1S/C11H9BrFN3O/c12-6-3-10(15-5-6)11(17)16-9-4-7(13)1-2-8(9)14/h1-5,15H,14H2,(H,16,17). The van der Waals surface area contributed by atoms with Crippen molar-refractivity contribution in [3.05, 3.63) is 46.4 Å². The number of halogens is 2. The SMILES string of the molecule is Nc1ccc(F)cc1NC(=O)c1cc(Br)c[nH]1. The number of aromatic nitrogens is 1. The fourth-order valence-corrected chi connectivity index (χ4v) is 1.67. The molecule has 0 radical (unpaired) electrons. The first-order chi connectivity index (χ1) is 8.06. The highest BCUT2D eigenvalue weighted by molar-refractivity contribution is 9.10. The van der Waals surface area contributed by atoms with Crippen molar-refractivity contribution in [2.75, 3.05) is 11.1 Å². The van der Waals surface area contributed by atoms with Crippen molar-refractivity contribution in [2.45, 2.75) is 0 Å². The van der Waals surface area contributed by atoms with E-state index in [9.17, 15) is 9.18 Å². The Hall–Kier alpha value is -1.82. The first kappa shape index (κ1) is 11.7. The number of carbonyl (C=O) groups excluding carboxylic acids is 1. The van der Waals surface area contributed by atoms with Crippen molar-refractivity contribution in [3.63, 3.8) is 0 Å². The molecule has 1 amide bonds. The van der Waals surface area contributed by atoms with Gasteiger partial charge in [-0.15, -0.1) is 0 Å². The number of carbonyl (C=O) groups is 1. The Morgan fingerprint density at radius 1 is 1.41 bits per heavy atom. The van der Waals surface area contributed by atoms with E-state index in [1.807, 2.05) is 0 Å². The van der Waals surface area contributed by atoms with Gasteiger partial charge in [0.2, 0.25) is 0 Å². The summed E-state index contributed by atoms with van der Waals surface area (Å²) in [5.41, 5.74) is 6.54. The van der Waals surface area contributed by atoms with E-state index in [-0.39, 0.29) is 11.6 Å². The van der Waals surface area contributed by atoms with Gasteiger partial charge in [-0.25, -0.2) is 4.39 Å². The van der Waals surface area contributed by atoms with Gasteiger partial charge in [-0.3, -0.25) is 4.79 Å². The maximum atomic E-state index is 13.0. The molecule has 4 nitrogen and oxygen atoms in total. The van der Waals surface area contributed by atoms with Crippen molar-refractivity contribution in [2.24, 2.45) is 0 Å². The molecule has 2 rings (SSSR count). The highest BCUT2D eigenvalue weighted by atomic mass is 79.9. The number of rotatable bonds is 2. The van der Waals surface area contributed by atoms with Crippen LogP contribution in [0.1, 0.15) is 10.5 Å². The Balaban J connectivity index is 2.21. The van der Waals surface area contributed by atoms with Crippen LogP contribution in [0.4, 0.5) is 15.8 Å². The zero-order valence-corrected chi connectivity index (χ0v) is 10.2. The van der Waals surface area contributed by atoms with Crippen LogP contribution in [0, 0.1) is 5.82 Å². The van der Waals surface area contributed by atoms with E-state index in [0.29, 0.717) is 11.4 Å². The second-order valence-corrected chi connectivity index (χ2v) is 4.33. The number of hydrogen-bond acceptors (Lipinski definition) is 2. The third-order valence-corrected chi connectivity index (χ3v) is 2.61. The van der Waals surface area contributed by atoms with E-state index in [1.165, 1.54) is 18.2 Å². The molecule has 6 heteroatoms. The molecule has 2 aromatic rings. The average Bonchev–Trinajstić information content (AvgIpc) is 2.70. The average molecular weight is 298 g/mol. The van der Waals surface area contributed by atoms with Gasteiger partial charge in [-0.05, 0) is 40.2 Å². The number of nitrogens with one attached hydrogen (secondary N) is 2. The molecule has 0 spiro atoms. The third kappa shape index (κ3) is 2.65. The first-order valence-corrected chi connectivity index (χ1v) is 5.56. The fraction of sp³-hybridized carbons (Fsp3) is 0. The van der Waals surface area contributed by atoms with Gasteiger partial charge in [-0.1, -0.05) is 0 Å². The molecule has 0 atom stereocenters. The zero-order chi connectivity index (χ0) is 12.4. The number of benzene rings is 1. The number of nitrogen functional groups attached to an aromatic ring is 1. The van der Waals surface area contributed by atoms with Crippen LogP contribution in [0.25, 0.3) is 0 Å². The Morgan fingerprint density at radius 2 is 2.18 bits per heavy atom. The molecular formula is C11H9BrFN3O. The molecule has 4 N–H and O–H groups in total. The fourth-order valence-electron chi connectivity index (χ4n) is 1.33. The molecule has 0 unspecified atom stereocenters. The van der Waals surface area contributed by atoms with Crippen molar-refractivity contribution in [1.82, 2.24) is 4.98 Å². The molecule has 1 aromatic heterocycles. The second-order valence-electron chi connectivity index (χ2n) is 3.42. The van der Waals surface area contributed by atoms with Gasteiger partial charge in [0.05, 0.1) is 11.4 Å². The summed E-state index contributed by atoms with van der Waals surface area (Å²) in [6, 6.07) is 5.42. The van der Waals surface area contributed by atoms with Crippen molar-refractivity contribution in [1.29, 1.82) is 0 Å². The Morgan fingerprint density at radius 3 is 2.82 bits per heavy atom. The van der Waals surface area contributed by atoms with Crippen LogP contribution in [0.15, 0.2) is 34.9 Å². The second kappa shape index (κ2) is 4.58. The van der Waals surface area contributed by atoms with Gasteiger partial charge in [0.25, 0.3) is 5.91 Å². The molecule has 0 saturated heterocycles. The van der Waals surface area contributed by atoms with Gasteiger partial charge in [0.1, 0.15) is 11.5 Å². The zero-order valence-electron chi connectivity index (χ0n) is 8.63. The van der Waals surface area contributed by atoms with Gasteiger partial charge in [0, 0.05) is 10.7 Å². The summed E-state index contributed by atoms with van der Waals surface area (Å²) in [7, 11) is 0. The summed E-state index contributed by atoms with van der Waals surface area (Å²) in [6.45, 7) is 0. The van der Waals surface area contributed by atoms with Crippen LogP contribution in [0.2, 0.25) is 0 Å². The molecule has 0 saturated carbocycles. The maximum Gasteiger partial charge on any atom is 0.272 e. The lowest BCUT2D eigenvalue weighted by Gasteiger charge is -2.06. The smallest absolute Gasteiger partial charge is 0.272 e. The third-order valence-electron chi connectivity index (χ3n) is 2.16. The van der Waals surface area contributed by atoms with Crippen LogP contribution >= 0.6 is 15.9 Å². The van der Waals surface area contributed by atoms with Crippen LogP contribution in [-0.4, -0.2) is 10.9 Å². The van der Waals surface area contributed by atoms with Crippen molar-refractivity contribution >= 4 is 33.2 Å². The van der Waals surface area contributed by atoms with Gasteiger partial charge >= 0.3 is 0 Å². The number of aromatic amines is 1. The topological polar surface area (TPSA) is 70.9 Å². The quantitative estimate of drug-likeness (QED) is 0.746. The lowest BCUT2D eigenvalue weighted by molar-refractivity contribution is 0.102. The van der Waals surface area contributed by atoms with Gasteiger partial charge < -0.3 is 16.0 Å². The van der Waals surface area contributed by atoms with Crippen molar-refractivity contribution in [3.8, 4) is 0 Å². The number of hydrogen-bond donors (Lipinski definition) is 3. The van der Waals surface area contributed by atoms with Crippen LogP contribution in [0.3, 0.4) is 0 Å². The van der Waals surface area contributed by atoms with E-state index in [2.05, 4.69) is 26.2 Å². The van der Waals surface area contributed by atoms with Crippen molar-refractivity contribution < 1.29 is 9.18 Å². The largest absolute Gasteiger partial charge is 0.397 e. The van der Waals surface area contributed by atoms with E-state index >= 15 is 0 Å². The van der Waals surface area contributed by atoms with Gasteiger partial charge in [0.15, 0.2) is 0 Å². The monoisotopic (exact) mass is 297 g/mol. The summed E-state index contributed by atoms with van der Waals surface area (Å²) in [6.07, 6.45) is 1.63. The Bertz CT molecular complexity index is 568. The van der Waals surface area contributed by atoms with E-state index in [1.54, 1.807) is 12.3 Å². The van der Waals surface area contributed by atoms with E-state index in [4.69, 9.17) is 5.73 Å². The number of H-pyrrole nitrogens is 1. The molecule has 0 aliphatic carbocycles. The van der Waals surface area contributed by atoms with E-state index < -0.39 is 5.82 Å². The summed E-state index contributed by atoms with van der Waals surface area (Å²) in [4.78, 5) is 14.5. The molecule has 17 heavy (non-hydrogen) atoms. The summed E-state index contributed by atoms with van der Waals surface area (Å²) in [5, 5.41) is 2.52. The van der Waals surface area contributed by atoms with Gasteiger partial charge in [-0.2, -0.15) is 0 Å². The maximum absolute atomic E-state index is 13.0. The molecule has 0 aliphatic rings. The number of nitrogens with two attached hydrogens (primary N) is 1. The lowest BCUT2D eigenvalue weighted by Crippen LogP contribution is -2.13. The predicted molar refractivity (Wildman–Crippen MR) is 67.3 cm³/mol. The first-order valence-electron chi connectivity index (χ1n) is 4.76. The normalized spacial score (nSPS) is 10.2. The molecule has 1 heterocycles. The van der Waals surface area contributed by atoms with Crippen LogP contribution in [0.5, 0.6) is 0 Å².